The van der Waals surface area contributed by atoms with E-state index >= 15 is 0 Å². The molecule has 2 unspecified atom stereocenters. The Labute approximate surface area is 206 Å². The maximum absolute atomic E-state index is 14.6. The molecule has 3 heterocycles. The lowest BCUT2D eigenvalue weighted by Gasteiger charge is -2.38. The van der Waals surface area contributed by atoms with Crippen LogP contribution in [0.25, 0.3) is 10.9 Å². The van der Waals surface area contributed by atoms with E-state index in [1.165, 1.54) is 24.1 Å². The summed E-state index contributed by atoms with van der Waals surface area (Å²) in [7, 11) is 1.41. The van der Waals surface area contributed by atoms with E-state index in [4.69, 9.17) is 4.74 Å². The summed E-state index contributed by atoms with van der Waals surface area (Å²) in [6.45, 7) is -0.427. The van der Waals surface area contributed by atoms with Crippen molar-refractivity contribution in [3.8, 4) is 5.75 Å². The van der Waals surface area contributed by atoms with Gasteiger partial charge in [0.15, 0.2) is 0 Å². The molecule has 1 fully saturated rings. The van der Waals surface area contributed by atoms with Gasteiger partial charge in [0.2, 0.25) is 0 Å². The fourth-order valence-electron chi connectivity index (χ4n) is 4.92. The highest BCUT2D eigenvalue weighted by molar-refractivity contribution is 5.98. The van der Waals surface area contributed by atoms with Crippen LogP contribution in [0.4, 0.5) is 13.2 Å². The monoisotopic (exact) mass is 497 g/mol. The molecule has 0 radical (unpaired) electrons. The minimum Gasteiger partial charge on any atom is -0.496 e. The Hall–Kier alpha value is -3.66. The molecule has 1 aromatic heterocycles. The summed E-state index contributed by atoms with van der Waals surface area (Å²) in [5.74, 6) is -3.65. The Bertz CT molecular complexity index is 1340. The fraction of sp³-hybridized carbons (Fsp3) is 0.346. The van der Waals surface area contributed by atoms with Gasteiger partial charge in [0.1, 0.15) is 11.6 Å². The molecule has 2 aliphatic heterocycles. The summed E-state index contributed by atoms with van der Waals surface area (Å²) < 4.78 is 48.8. The number of hydrogen-bond donors (Lipinski definition) is 2. The number of likely N-dealkylation sites (tertiary alicyclic amines) is 1. The van der Waals surface area contributed by atoms with Gasteiger partial charge >= 0.3 is 0 Å². The van der Waals surface area contributed by atoms with Gasteiger partial charge in [0, 0.05) is 60.4 Å². The van der Waals surface area contributed by atoms with Crippen LogP contribution in [0.1, 0.15) is 40.4 Å². The molecule has 5 rings (SSSR count). The molecule has 3 aromatic rings. The maximum Gasteiger partial charge on any atom is 0.262 e. The zero-order valence-electron chi connectivity index (χ0n) is 19.7. The summed E-state index contributed by atoms with van der Waals surface area (Å²) in [6.07, 6.45) is 5.73. The van der Waals surface area contributed by atoms with E-state index < -0.39 is 36.7 Å². The SMILES string of the molecule is COc1cccc(F)c1CN1CC(NC(=O)c2ccc3n[nH]c(C4C=CN=CC4)c3c2)CC(F)(F)C1. The van der Waals surface area contributed by atoms with Crippen molar-refractivity contribution in [2.75, 3.05) is 20.2 Å². The van der Waals surface area contributed by atoms with Crippen LogP contribution in [-0.4, -0.2) is 59.4 Å². The molecule has 0 aliphatic carbocycles. The zero-order chi connectivity index (χ0) is 25.3. The Morgan fingerprint density at radius 2 is 2.17 bits per heavy atom. The number of rotatable bonds is 6. The summed E-state index contributed by atoms with van der Waals surface area (Å²) in [6, 6.07) is 8.65. The zero-order valence-corrected chi connectivity index (χ0v) is 19.7. The molecule has 2 N–H and O–H groups in total. The van der Waals surface area contributed by atoms with Crippen LogP contribution in [0.5, 0.6) is 5.75 Å². The lowest BCUT2D eigenvalue weighted by atomic mass is 9.96. The van der Waals surface area contributed by atoms with E-state index in [2.05, 4.69) is 20.5 Å². The number of benzene rings is 2. The van der Waals surface area contributed by atoms with E-state index in [-0.39, 0.29) is 24.6 Å². The average Bonchev–Trinajstić information content (AvgIpc) is 3.28. The number of aromatic nitrogens is 2. The molecule has 1 saturated heterocycles. The largest absolute Gasteiger partial charge is 0.496 e. The minimum absolute atomic E-state index is 0.0552. The normalized spacial score (nSPS) is 21.6. The van der Waals surface area contributed by atoms with Gasteiger partial charge < -0.3 is 10.1 Å². The molecule has 2 aliphatic rings. The van der Waals surface area contributed by atoms with Gasteiger partial charge in [-0.1, -0.05) is 12.1 Å². The van der Waals surface area contributed by atoms with Crippen LogP contribution in [-0.2, 0) is 6.54 Å². The lowest BCUT2D eigenvalue weighted by molar-refractivity contribution is -0.0763. The number of halogens is 3. The van der Waals surface area contributed by atoms with Crippen molar-refractivity contribution < 1.29 is 22.7 Å². The van der Waals surface area contributed by atoms with Crippen molar-refractivity contribution in [2.24, 2.45) is 4.99 Å². The molecular weight excluding hydrogens is 471 g/mol. The molecule has 0 bridgehead atoms. The van der Waals surface area contributed by atoms with Crippen LogP contribution >= 0.6 is 0 Å². The van der Waals surface area contributed by atoms with E-state index in [1.807, 2.05) is 12.3 Å². The van der Waals surface area contributed by atoms with Crippen molar-refractivity contribution in [3.05, 3.63) is 71.3 Å². The number of alkyl halides is 2. The second-order valence-electron chi connectivity index (χ2n) is 9.21. The standard InChI is InChI=1S/C26H26F3N5O2/c1-36-23-4-2-3-21(27)20(23)14-34-13-18(12-26(28,29)15-34)31-25(35)17-5-6-22-19(11-17)24(33-32-22)16-7-9-30-10-8-16/h2-7,9-11,16,18H,8,12-15H2,1H3,(H,31,35)(H,32,33). The first kappa shape index (κ1) is 24.1. The first-order valence-corrected chi connectivity index (χ1v) is 11.7. The van der Waals surface area contributed by atoms with E-state index in [9.17, 15) is 18.0 Å². The fourth-order valence-corrected chi connectivity index (χ4v) is 4.92. The topological polar surface area (TPSA) is 82.6 Å². The van der Waals surface area contributed by atoms with Gasteiger partial charge in [-0.05, 0) is 36.8 Å². The molecule has 10 heteroatoms. The number of nitrogens with one attached hydrogen (secondary N) is 2. The van der Waals surface area contributed by atoms with Crippen LogP contribution < -0.4 is 10.1 Å². The van der Waals surface area contributed by atoms with Crippen LogP contribution in [0.2, 0.25) is 0 Å². The third-order valence-corrected chi connectivity index (χ3v) is 6.58. The summed E-state index contributed by atoms with van der Waals surface area (Å²) >= 11 is 0. The number of aliphatic imine (C=N–C) groups is 1. The smallest absolute Gasteiger partial charge is 0.262 e. The predicted molar refractivity (Wildman–Crippen MR) is 130 cm³/mol. The molecule has 2 aromatic carbocycles. The number of carbonyl (C=O) groups excluding carboxylic acids is 1. The van der Waals surface area contributed by atoms with Gasteiger partial charge in [-0.25, -0.2) is 13.2 Å². The number of fused-ring (bicyclic) bond motifs is 1. The predicted octanol–water partition coefficient (Wildman–Crippen LogP) is 4.42. The summed E-state index contributed by atoms with van der Waals surface area (Å²) in [5.41, 5.74) is 2.15. The molecular formula is C26H26F3N5O2. The van der Waals surface area contributed by atoms with Gasteiger partial charge in [0.05, 0.1) is 24.9 Å². The highest BCUT2D eigenvalue weighted by Crippen LogP contribution is 2.31. The number of nitrogens with zero attached hydrogens (tertiary/aromatic N) is 3. The highest BCUT2D eigenvalue weighted by atomic mass is 19.3. The quantitative estimate of drug-likeness (QED) is 0.528. The number of carbonyl (C=O) groups is 1. The van der Waals surface area contributed by atoms with Crippen LogP contribution in [0.3, 0.4) is 0 Å². The Kier molecular flexibility index (Phi) is 6.53. The maximum atomic E-state index is 14.6. The molecule has 0 saturated carbocycles. The van der Waals surface area contributed by atoms with E-state index in [0.717, 1.165) is 11.1 Å². The third kappa shape index (κ3) is 4.99. The molecule has 7 nitrogen and oxygen atoms in total. The van der Waals surface area contributed by atoms with Gasteiger partial charge in [0.25, 0.3) is 11.8 Å². The average molecular weight is 498 g/mol. The number of allylic oxidation sites excluding steroid dienone is 1. The number of ether oxygens (including phenoxy) is 1. The Balaban J connectivity index is 1.33. The first-order chi connectivity index (χ1) is 17.3. The van der Waals surface area contributed by atoms with Crippen molar-refractivity contribution in [2.45, 2.75) is 37.3 Å². The van der Waals surface area contributed by atoms with Gasteiger partial charge in [-0.3, -0.25) is 19.8 Å². The first-order valence-electron chi connectivity index (χ1n) is 11.7. The summed E-state index contributed by atoms with van der Waals surface area (Å²) in [5, 5.41) is 10.9. The summed E-state index contributed by atoms with van der Waals surface area (Å²) in [4.78, 5) is 18.6. The van der Waals surface area contributed by atoms with Crippen molar-refractivity contribution in [1.29, 1.82) is 0 Å². The van der Waals surface area contributed by atoms with Gasteiger partial charge in [-0.2, -0.15) is 5.10 Å². The van der Waals surface area contributed by atoms with E-state index in [0.29, 0.717) is 23.3 Å². The van der Waals surface area contributed by atoms with Crippen molar-refractivity contribution >= 4 is 23.0 Å². The van der Waals surface area contributed by atoms with Gasteiger partial charge in [-0.15, -0.1) is 0 Å². The molecule has 188 valence electrons. The minimum atomic E-state index is -3.04. The van der Waals surface area contributed by atoms with Crippen molar-refractivity contribution in [1.82, 2.24) is 20.4 Å². The number of amides is 1. The highest BCUT2D eigenvalue weighted by Gasteiger charge is 2.41. The number of hydrogen-bond acceptors (Lipinski definition) is 5. The lowest BCUT2D eigenvalue weighted by Crippen LogP contribution is -2.54. The second kappa shape index (κ2) is 9.77. The number of methoxy groups -OCH3 is 1. The van der Waals surface area contributed by atoms with Crippen LogP contribution in [0, 0.1) is 5.82 Å². The van der Waals surface area contributed by atoms with E-state index in [1.54, 1.807) is 30.5 Å². The Morgan fingerprint density at radius 1 is 1.31 bits per heavy atom. The second-order valence-corrected chi connectivity index (χ2v) is 9.21. The molecule has 0 spiro atoms. The molecule has 1 amide bonds. The number of H-pyrrole nitrogens is 1. The Morgan fingerprint density at radius 3 is 2.94 bits per heavy atom. The molecule has 36 heavy (non-hydrogen) atoms. The molecule has 2 atom stereocenters. The number of piperidine rings is 1. The van der Waals surface area contributed by atoms with Crippen molar-refractivity contribution in [3.63, 3.8) is 0 Å². The van der Waals surface area contributed by atoms with Crippen LogP contribution in [0.15, 0.2) is 53.7 Å². The number of aromatic amines is 1. The third-order valence-electron chi connectivity index (χ3n) is 6.58.